The maximum atomic E-state index is 14.2. The van der Waals surface area contributed by atoms with Crippen LogP contribution in [-0.4, -0.2) is 125 Å². The predicted molar refractivity (Wildman–Crippen MR) is 190 cm³/mol. The number of hydrogen-bond donors (Lipinski definition) is 1. The minimum absolute atomic E-state index is 0.0379. The Morgan fingerprint density at radius 1 is 0.917 bits per heavy atom. The van der Waals surface area contributed by atoms with Crippen LogP contribution < -0.4 is 5.32 Å². The van der Waals surface area contributed by atoms with E-state index < -0.39 is 5.92 Å². The molecule has 1 atom stereocenters. The number of likely N-dealkylation sites (tertiary alicyclic amines) is 2. The summed E-state index contributed by atoms with van der Waals surface area (Å²) in [5.41, 5.74) is 7.10. The monoisotopic (exact) mass is 671 g/mol. The zero-order chi connectivity index (χ0) is 33.2. The van der Waals surface area contributed by atoms with Gasteiger partial charge in [-0.15, -0.1) is 11.3 Å². The normalized spacial score (nSPS) is 21.2. The van der Waals surface area contributed by atoms with Crippen molar-refractivity contribution in [2.75, 3.05) is 71.3 Å². The van der Waals surface area contributed by atoms with Crippen molar-refractivity contribution in [2.45, 2.75) is 64.0 Å². The molecule has 4 aliphatic heterocycles. The summed E-state index contributed by atoms with van der Waals surface area (Å²) in [6.45, 7) is 9.45. The van der Waals surface area contributed by atoms with Crippen LogP contribution in [0.2, 0.25) is 0 Å². The van der Waals surface area contributed by atoms with Crippen LogP contribution in [0.25, 0.3) is 10.2 Å². The van der Waals surface area contributed by atoms with Crippen molar-refractivity contribution in [1.82, 2.24) is 29.5 Å². The molecule has 2 aromatic carbocycles. The zero-order valence-corrected chi connectivity index (χ0v) is 29.2. The predicted octanol–water partition coefficient (Wildman–Crippen LogP) is 4.47. The molecule has 0 saturated carbocycles. The summed E-state index contributed by atoms with van der Waals surface area (Å²) >= 11 is 1.64. The average molecular weight is 672 g/mol. The number of carbonyl (C=O) groups is 3. The van der Waals surface area contributed by atoms with Crippen LogP contribution in [-0.2, 0) is 22.4 Å². The molecule has 0 spiro atoms. The molecule has 48 heavy (non-hydrogen) atoms. The van der Waals surface area contributed by atoms with Gasteiger partial charge in [0.15, 0.2) is 0 Å². The van der Waals surface area contributed by atoms with E-state index in [-0.39, 0.29) is 30.3 Å². The topological polar surface area (TPSA) is 92.3 Å². The van der Waals surface area contributed by atoms with Crippen LogP contribution in [0.3, 0.4) is 0 Å². The molecule has 1 aromatic heterocycles. The van der Waals surface area contributed by atoms with Crippen molar-refractivity contribution in [3.05, 3.63) is 58.6 Å². The maximum absolute atomic E-state index is 14.2. The van der Waals surface area contributed by atoms with Gasteiger partial charge < -0.3 is 24.9 Å². The van der Waals surface area contributed by atoms with E-state index in [0.717, 1.165) is 73.3 Å². The number of anilines is 1. The highest BCUT2D eigenvalue weighted by Crippen LogP contribution is 2.29. The average Bonchev–Trinajstić information content (AvgIpc) is 3.52. The zero-order valence-electron chi connectivity index (χ0n) is 28.4. The number of aryl methyl sites for hydroxylation is 1. The Hall–Kier alpha value is -3.54. The van der Waals surface area contributed by atoms with Crippen molar-refractivity contribution in [3.8, 4) is 0 Å². The van der Waals surface area contributed by atoms with Gasteiger partial charge in [0.25, 0.3) is 0 Å². The fraction of sp³-hybridized carbons (Fsp3) is 0.568. The lowest BCUT2D eigenvalue weighted by Crippen LogP contribution is -2.55. The van der Waals surface area contributed by atoms with Gasteiger partial charge in [0.05, 0.1) is 21.6 Å². The number of para-hydroxylation sites is 1. The van der Waals surface area contributed by atoms with Gasteiger partial charge in [-0.2, -0.15) is 0 Å². The van der Waals surface area contributed by atoms with Crippen molar-refractivity contribution in [2.24, 2.45) is 5.92 Å². The van der Waals surface area contributed by atoms with Gasteiger partial charge in [-0.1, -0.05) is 24.3 Å². The number of piperidine rings is 2. The number of thiazole rings is 1. The maximum Gasteiger partial charge on any atom is 0.322 e. The smallest absolute Gasteiger partial charge is 0.322 e. The van der Waals surface area contributed by atoms with Crippen LogP contribution in [0, 0.1) is 12.8 Å². The third kappa shape index (κ3) is 7.23. The first kappa shape index (κ1) is 33.0. The number of hydrogen-bond acceptors (Lipinski definition) is 7. The van der Waals surface area contributed by atoms with E-state index in [4.69, 9.17) is 0 Å². The number of aromatic nitrogens is 1. The number of rotatable bonds is 7. The lowest BCUT2D eigenvalue weighted by Gasteiger charge is -2.43. The van der Waals surface area contributed by atoms with Crippen LogP contribution in [0.15, 0.2) is 41.9 Å². The van der Waals surface area contributed by atoms with Crippen molar-refractivity contribution in [3.63, 3.8) is 0 Å². The summed E-state index contributed by atoms with van der Waals surface area (Å²) in [5, 5.41) is 3.09. The number of amides is 4. The summed E-state index contributed by atoms with van der Waals surface area (Å²) in [6.07, 6.45) is 5.40. The second kappa shape index (κ2) is 14.5. The molecule has 5 heterocycles. The molecule has 3 fully saturated rings. The van der Waals surface area contributed by atoms with Gasteiger partial charge >= 0.3 is 6.03 Å². The Bertz CT molecular complexity index is 1620. The van der Waals surface area contributed by atoms with E-state index >= 15 is 0 Å². The number of piperazine rings is 1. The molecular formula is C37H49N7O3S. The number of urea groups is 1. The Morgan fingerprint density at radius 2 is 1.65 bits per heavy atom. The van der Waals surface area contributed by atoms with Crippen molar-refractivity contribution in [1.29, 1.82) is 0 Å². The van der Waals surface area contributed by atoms with Crippen molar-refractivity contribution < 1.29 is 14.4 Å². The van der Waals surface area contributed by atoms with Crippen LogP contribution in [0.5, 0.6) is 0 Å². The number of nitrogens with one attached hydrogen (secondary N) is 1. The molecule has 3 saturated heterocycles. The van der Waals surface area contributed by atoms with Crippen LogP contribution >= 0.6 is 11.3 Å². The first-order chi connectivity index (χ1) is 23.3. The number of fused-ring (bicyclic) bond motifs is 2. The van der Waals surface area contributed by atoms with Gasteiger partial charge in [-0.3, -0.25) is 14.5 Å². The fourth-order valence-corrected chi connectivity index (χ4v) is 9.04. The minimum Gasteiger partial charge on any atom is -0.343 e. The first-order valence-electron chi connectivity index (χ1n) is 17.8. The Labute approximate surface area is 288 Å². The van der Waals surface area contributed by atoms with E-state index in [2.05, 4.69) is 52.3 Å². The molecule has 11 heteroatoms. The molecule has 3 aromatic rings. The fourth-order valence-electron chi connectivity index (χ4n) is 8.29. The lowest BCUT2D eigenvalue weighted by atomic mass is 9.92. The van der Waals surface area contributed by atoms with Gasteiger partial charge in [0.2, 0.25) is 11.8 Å². The Balaban J connectivity index is 0.996. The number of nitrogens with zero attached hydrogens (tertiary/aromatic N) is 6. The first-order valence-corrected chi connectivity index (χ1v) is 18.7. The number of carbonyl (C=O) groups excluding carboxylic acids is 3. The molecule has 1 unspecified atom stereocenters. The van der Waals surface area contributed by atoms with Gasteiger partial charge in [-0.25, -0.2) is 9.78 Å². The second-order valence-corrected chi connectivity index (χ2v) is 15.1. The van der Waals surface area contributed by atoms with E-state index in [0.29, 0.717) is 45.2 Å². The van der Waals surface area contributed by atoms with E-state index in [1.807, 2.05) is 38.4 Å². The molecule has 1 N–H and O–H groups in total. The van der Waals surface area contributed by atoms with E-state index in [1.54, 1.807) is 11.3 Å². The molecular weight excluding hydrogens is 623 g/mol. The molecule has 0 radical (unpaired) electrons. The third-order valence-corrected chi connectivity index (χ3v) is 12.1. The van der Waals surface area contributed by atoms with Crippen LogP contribution in [0.1, 0.15) is 48.8 Å². The van der Waals surface area contributed by atoms with Crippen molar-refractivity contribution >= 4 is 45.1 Å². The second-order valence-electron chi connectivity index (χ2n) is 14.3. The van der Waals surface area contributed by atoms with Gasteiger partial charge in [0, 0.05) is 70.0 Å². The quantitative estimate of drug-likeness (QED) is 0.399. The summed E-state index contributed by atoms with van der Waals surface area (Å²) < 4.78 is 1.17. The largest absolute Gasteiger partial charge is 0.343 e. The molecule has 0 bridgehead atoms. The summed E-state index contributed by atoms with van der Waals surface area (Å²) in [5.74, 6) is -0.287. The summed E-state index contributed by atoms with van der Waals surface area (Å²) in [4.78, 5) is 56.7. The summed E-state index contributed by atoms with van der Waals surface area (Å²) in [7, 11) is 2.19. The lowest BCUT2D eigenvalue weighted by molar-refractivity contribution is -0.143. The third-order valence-electron chi connectivity index (χ3n) is 11.2. The SMILES string of the molecule is Cc1cc(CC(CC(=O)N2CCC(N3CCc4ccccc4NC3=O)CC2)C(=O)N2CCN(C3CCN(C)CC3)CC2)cc2ncsc12. The van der Waals surface area contributed by atoms with E-state index in [9.17, 15) is 14.4 Å². The van der Waals surface area contributed by atoms with Crippen LogP contribution in [0.4, 0.5) is 10.5 Å². The molecule has 256 valence electrons. The Morgan fingerprint density at radius 3 is 2.42 bits per heavy atom. The van der Waals surface area contributed by atoms with Gasteiger partial charge in [0.1, 0.15) is 0 Å². The molecule has 4 amide bonds. The minimum atomic E-state index is -0.421. The summed E-state index contributed by atoms with van der Waals surface area (Å²) in [6, 6.07) is 12.9. The molecule has 4 aliphatic rings. The molecule has 10 nitrogen and oxygen atoms in total. The van der Waals surface area contributed by atoms with Gasteiger partial charge in [-0.05, 0) is 94.4 Å². The molecule has 0 aliphatic carbocycles. The highest BCUT2D eigenvalue weighted by atomic mass is 32.1. The number of benzene rings is 2. The highest BCUT2D eigenvalue weighted by molar-refractivity contribution is 7.16. The van der Waals surface area contributed by atoms with E-state index in [1.165, 1.54) is 17.5 Å². The Kier molecular flexibility index (Phi) is 9.98. The highest BCUT2D eigenvalue weighted by Gasteiger charge is 2.35. The molecule has 7 rings (SSSR count). The standard InChI is InChI=1S/C37H49N7O3S/c1-26-21-27(23-33-35(26)48-25-38-33)22-29(36(46)43-19-17-41(18-20-43)30-8-12-40(2)13-9-30)24-34(45)42-14-10-31(11-15-42)44-16-7-28-5-3-4-6-32(28)39-37(44)47/h3-6,21,23,25,29-31H,7-20,22,24H2,1-2H3,(H,39,47).